The van der Waals surface area contributed by atoms with Gasteiger partial charge in [0, 0.05) is 21.3 Å². The number of hydrogen-bond acceptors (Lipinski definition) is 3. The van der Waals surface area contributed by atoms with Crippen LogP contribution in [0, 0.1) is 0 Å². The molecule has 0 aliphatic heterocycles. The SMILES string of the molecule is CC[C@@H](C)c1ccc2oc(-c3ccc(NC(=O)c4cccc5c(Br)cccc45)cc3)nc2c1. The summed E-state index contributed by atoms with van der Waals surface area (Å²) in [6.07, 6.45) is 1.08. The highest BCUT2D eigenvalue weighted by Crippen LogP contribution is 2.30. The molecule has 1 atom stereocenters. The first kappa shape index (κ1) is 21.4. The number of carbonyl (C=O) groups is 1. The van der Waals surface area contributed by atoms with Gasteiger partial charge in [-0.3, -0.25) is 4.79 Å². The third-order valence-electron chi connectivity index (χ3n) is 6.10. The Morgan fingerprint density at radius 1 is 1.00 bits per heavy atom. The van der Waals surface area contributed by atoms with Crippen molar-refractivity contribution < 1.29 is 9.21 Å². The molecule has 1 aromatic heterocycles. The monoisotopic (exact) mass is 498 g/mol. The summed E-state index contributed by atoms with van der Waals surface area (Å²) in [5, 5.41) is 4.91. The first-order chi connectivity index (χ1) is 16.0. The molecule has 0 saturated heterocycles. The summed E-state index contributed by atoms with van der Waals surface area (Å²) in [6.45, 7) is 4.40. The number of carbonyl (C=O) groups excluding carboxylic acids is 1. The number of hydrogen-bond donors (Lipinski definition) is 1. The number of oxazole rings is 1. The van der Waals surface area contributed by atoms with E-state index >= 15 is 0 Å². The number of nitrogens with zero attached hydrogens (tertiary/aromatic N) is 1. The van der Waals surface area contributed by atoms with E-state index < -0.39 is 0 Å². The summed E-state index contributed by atoms with van der Waals surface area (Å²) in [7, 11) is 0. The van der Waals surface area contributed by atoms with Crippen LogP contribution in [0.4, 0.5) is 5.69 Å². The van der Waals surface area contributed by atoms with Gasteiger partial charge in [-0.1, -0.05) is 60.1 Å². The molecule has 0 aliphatic carbocycles. The Labute approximate surface area is 200 Å². The van der Waals surface area contributed by atoms with E-state index in [-0.39, 0.29) is 5.91 Å². The van der Waals surface area contributed by atoms with E-state index in [1.54, 1.807) is 0 Å². The Kier molecular flexibility index (Phi) is 5.73. The molecule has 0 fully saturated rings. The van der Waals surface area contributed by atoms with Crippen LogP contribution in [0.3, 0.4) is 0 Å². The van der Waals surface area contributed by atoms with Crippen LogP contribution in [-0.4, -0.2) is 10.9 Å². The number of fused-ring (bicyclic) bond motifs is 2. The Morgan fingerprint density at radius 2 is 1.76 bits per heavy atom. The van der Waals surface area contributed by atoms with Crippen LogP contribution in [-0.2, 0) is 0 Å². The Morgan fingerprint density at radius 3 is 2.55 bits per heavy atom. The summed E-state index contributed by atoms with van der Waals surface area (Å²) in [5.41, 5.74) is 5.12. The second-order valence-electron chi connectivity index (χ2n) is 8.23. The van der Waals surface area contributed by atoms with Crippen LogP contribution in [0.5, 0.6) is 0 Å². The van der Waals surface area contributed by atoms with Crippen molar-refractivity contribution in [2.75, 3.05) is 5.32 Å². The second-order valence-corrected chi connectivity index (χ2v) is 9.08. The smallest absolute Gasteiger partial charge is 0.256 e. The molecule has 4 aromatic carbocycles. The Bertz CT molecular complexity index is 1470. The van der Waals surface area contributed by atoms with Crippen LogP contribution in [0.25, 0.3) is 33.3 Å². The summed E-state index contributed by atoms with van der Waals surface area (Å²) >= 11 is 3.56. The summed E-state index contributed by atoms with van der Waals surface area (Å²) in [5.74, 6) is 0.911. The predicted octanol–water partition coefficient (Wildman–Crippen LogP) is 8.18. The van der Waals surface area contributed by atoms with E-state index in [1.807, 2.05) is 66.7 Å². The van der Waals surface area contributed by atoms with E-state index in [1.165, 1.54) is 5.56 Å². The van der Waals surface area contributed by atoms with Crippen LogP contribution in [0.15, 0.2) is 87.8 Å². The summed E-state index contributed by atoms with van der Waals surface area (Å²) in [6, 6.07) is 25.4. The number of anilines is 1. The normalized spacial score (nSPS) is 12.2. The molecule has 0 spiro atoms. The number of benzene rings is 4. The zero-order valence-electron chi connectivity index (χ0n) is 18.4. The number of nitrogens with one attached hydrogen (secondary N) is 1. The van der Waals surface area contributed by atoms with E-state index in [0.717, 1.165) is 38.3 Å². The maximum atomic E-state index is 13.0. The standard InChI is InChI=1S/C28H23BrN2O2/c1-3-17(2)19-12-15-26-25(16-19)31-28(33-26)18-10-13-20(14-11-18)30-27(32)23-8-4-7-22-21(23)6-5-9-24(22)29/h4-17H,3H2,1-2H3,(H,30,32)/t17-/m1/s1. The lowest BCUT2D eigenvalue weighted by Gasteiger charge is -2.09. The molecule has 164 valence electrons. The van der Waals surface area contributed by atoms with Crippen LogP contribution in [0.2, 0.25) is 0 Å². The van der Waals surface area contributed by atoms with Crippen molar-refractivity contribution in [1.29, 1.82) is 0 Å². The third kappa shape index (κ3) is 4.16. The summed E-state index contributed by atoms with van der Waals surface area (Å²) < 4.78 is 6.94. The van der Waals surface area contributed by atoms with E-state index in [4.69, 9.17) is 4.42 Å². The summed E-state index contributed by atoms with van der Waals surface area (Å²) in [4.78, 5) is 17.6. The van der Waals surface area contributed by atoms with Crippen molar-refractivity contribution >= 4 is 49.4 Å². The first-order valence-corrected chi connectivity index (χ1v) is 11.8. The fraction of sp³-hybridized carbons (Fsp3) is 0.143. The van der Waals surface area contributed by atoms with E-state index in [2.05, 4.69) is 52.2 Å². The lowest BCUT2D eigenvalue weighted by atomic mass is 9.98. The lowest BCUT2D eigenvalue weighted by Crippen LogP contribution is -2.12. The quantitative estimate of drug-likeness (QED) is 0.265. The largest absolute Gasteiger partial charge is 0.436 e. The number of amides is 1. The first-order valence-electron chi connectivity index (χ1n) is 11.0. The molecule has 0 unspecified atom stereocenters. The average Bonchev–Trinajstić information content (AvgIpc) is 3.27. The number of aromatic nitrogens is 1. The molecule has 33 heavy (non-hydrogen) atoms. The predicted molar refractivity (Wildman–Crippen MR) is 138 cm³/mol. The minimum Gasteiger partial charge on any atom is -0.436 e. The zero-order valence-corrected chi connectivity index (χ0v) is 20.0. The number of rotatable bonds is 5. The van der Waals surface area contributed by atoms with Gasteiger partial charge in [-0.2, -0.15) is 0 Å². The van der Waals surface area contributed by atoms with Crippen molar-refractivity contribution in [3.05, 3.63) is 94.5 Å². The molecule has 1 heterocycles. The van der Waals surface area contributed by atoms with Crippen LogP contribution >= 0.6 is 15.9 Å². The van der Waals surface area contributed by atoms with Crippen LogP contribution in [0.1, 0.15) is 42.1 Å². The molecule has 4 nitrogen and oxygen atoms in total. The molecule has 0 aliphatic rings. The number of halogens is 1. The minimum atomic E-state index is -0.147. The van der Waals surface area contributed by atoms with Gasteiger partial charge in [0.1, 0.15) is 5.52 Å². The van der Waals surface area contributed by atoms with Crippen LogP contribution < -0.4 is 5.32 Å². The zero-order chi connectivity index (χ0) is 22.9. The van der Waals surface area contributed by atoms with Gasteiger partial charge in [0.15, 0.2) is 5.58 Å². The van der Waals surface area contributed by atoms with E-state index in [0.29, 0.717) is 23.1 Å². The molecule has 1 N–H and O–H groups in total. The maximum absolute atomic E-state index is 13.0. The van der Waals surface area contributed by atoms with Gasteiger partial charge in [0.2, 0.25) is 5.89 Å². The molecule has 0 saturated carbocycles. The third-order valence-corrected chi connectivity index (χ3v) is 6.79. The second kappa shape index (κ2) is 8.83. The minimum absolute atomic E-state index is 0.147. The molecule has 1 amide bonds. The van der Waals surface area contributed by atoms with Crippen molar-refractivity contribution in [3.63, 3.8) is 0 Å². The Hall–Kier alpha value is -3.44. The maximum Gasteiger partial charge on any atom is 0.256 e. The Balaban J connectivity index is 1.38. The van der Waals surface area contributed by atoms with Gasteiger partial charge in [0.05, 0.1) is 0 Å². The van der Waals surface area contributed by atoms with Gasteiger partial charge in [0.25, 0.3) is 5.91 Å². The van der Waals surface area contributed by atoms with Gasteiger partial charge < -0.3 is 9.73 Å². The highest BCUT2D eigenvalue weighted by Gasteiger charge is 2.13. The highest BCUT2D eigenvalue weighted by molar-refractivity contribution is 9.10. The van der Waals surface area contributed by atoms with Crippen molar-refractivity contribution in [1.82, 2.24) is 4.98 Å². The van der Waals surface area contributed by atoms with E-state index in [9.17, 15) is 4.79 Å². The van der Waals surface area contributed by atoms with Gasteiger partial charge >= 0.3 is 0 Å². The van der Waals surface area contributed by atoms with Crippen molar-refractivity contribution in [3.8, 4) is 11.5 Å². The van der Waals surface area contributed by atoms with Crippen molar-refractivity contribution in [2.24, 2.45) is 0 Å². The molecule has 5 heteroatoms. The topological polar surface area (TPSA) is 55.1 Å². The van der Waals surface area contributed by atoms with Gasteiger partial charge in [-0.25, -0.2) is 4.98 Å². The lowest BCUT2D eigenvalue weighted by molar-refractivity contribution is 0.102. The van der Waals surface area contributed by atoms with Gasteiger partial charge in [-0.15, -0.1) is 0 Å². The fourth-order valence-corrected chi connectivity index (χ4v) is 4.47. The molecular formula is C28H23BrN2O2. The van der Waals surface area contributed by atoms with Crippen molar-refractivity contribution in [2.45, 2.75) is 26.2 Å². The highest BCUT2D eigenvalue weighted by atomic mass is 79.9. The van der Waals surface area contributed by atoms with Gasteiger partial charge in [-0.05, 0) is 77.2 Å². The molecular weight excluding hydrogens is 476 g/mol. The fourth-order valence-electron chi connectivity index (χ4n) is 3.97. The molecule has 5 rings (SSSR count). The molecule has 0 bridgehead atoms. The average molecular weight is 499 g/mol. The molecule has 5 aromatic rings. The molecule has 0 radical (unpaired) electrons.